The molecule has 32 heavy (non-hydrogen) atoms. The highest BCUT2D eigenvalue weighted by atomic mass is 16.2. The van der Waals surface area contributed by atoms with Gasteiger partial charge < -0.3 is 5.32 Å². The Morgan fingerprint density at radius 3 is 2.50 bits per heavy atom. The number of aromatic nitrogens is 4. The summed E-state index contributed by atoms with van der Waals surface area (Å²) in [6.07, 6.45) is 11.3. The fourth-order valence-corrected chi connectivity index (χ4v) is 4.08. The Labute approximate surface area is 187 Å². The van der Waals surface area contributed by atoms with Gasteiger partial charge in [-0.25, -0.2) is 15.0 Å². The second kappa shape index (κ2) is 7.62. The van der Waals surface area contributed by atoms with Gasteiger partial charge in [0.25, 0.3) is 5.91 Å². The highest BCUT2D eigenvalue weighted by Gasteiger charge is 2.52. The van der Waals surface area contributed by atoms with E-state index >= 15 is 0 Å². The third-order valence-corrected chi connectivity index (χ3v) is 5.80. The Hall–Kier alpha value is -3.42. The molecule has 3 heterocycles. The Morgan fingerprint density at radius 1 is 1.16 bits per heavy atom. The number of carbonyl (C=O) groups is 2. The maximum Gasteiger partial charge on any atom is 0.271 e. The van der Waals surface area contributed by atoms with Gasteiger partial charge in [0.05, 0.1) is 17.8 Å². The predicted octanol–water partition coefficient (Wildman–Crippen LogP) is 3.46. The standard InChI is InChI=1S/C24H28N6O2/c1-14-26-10-16(11-27-14)15-7-8-17-19(9-15)30(22(32)24(17,5)6)20-13-25-12-18(28-20)21(31)29-23(2,3)4/h7,9-13,17H,8H2,1-6H3,(H,29,31). The average molecular weight is 433 g/mol. The van der Waals surface area contributed by atoms with Crippen molar-refractivity contribution in [2.75, 3.05) is 4.90 Å². The third kappa shape index (κ3) is 3.92. The van der Waals surface area contributed by atoms with Crippen molar-refractivity contribution >= 4 is 23.2 Å². The van der Waals surface area contributed by atoms with Crippen LogP contribution in [0.4, 0.5) is 5.82 Å². The van der Waals surface area contributed by atoms with E-state index in [2.05, 4.69) is 31.3 Å². The zero-order chi connectivity index (χ0) is 23.3. The summed E-state index contributed by atoms with van der Waals surface area (Å²) in [6.45, 7) is 11.4. The van der Waals surface area contributed by atoms with Gasteiger partial charge in [0.15, 0.2) is 5.82 Å². The molecule has 1 aliphatic carbocycles. The predicted molar refractivity (Wildman–Crippen MR) is 121 cm³/mol. The third-order valence-electron chi connectivity index (χ3n) is 5.80. The van der Waals surface area contributed by atoms with Crippen molar-refractivity contribution in [3.8, 4) is 0 Å². The van der Waals surface area contributed by atoms with E-state index in [4.69, 9.17) is 0 Å². The second-order valence-electron chi connectivity index (χ2n) is 9.86. The molecule has 0 radical (unpaired) electrons. The first-order chi connectivity index (χ1) is 15.0. The lowest BCUT2D eigenvalue weighted by molar-refractivity contribution is -0.125. The number of carbonyl (C=O) groups excluding carboxylic acids is 2. The summed E-state index contributed by atoms with van der Waals surface area (Å²) in [5.41, 5.74) is 1.85. The van der Waals surface area contributed by atoms with E-state index in [0.29, 0.717) is 18.1 Å². The molecule has 1 N–H and O–H groups in total. The van der Waals surface area contributed by atoms with Crippen molar-refractivity contribution in [2.24, 2.45) is 11.3 Å². The molecule has 0 aromatic carbocycles. The number of nitrogens with zero attached hydrogens (tertiary/aromatic N) is 5. The smallest absolute Gasteiger partial charge is 0.271 e. The van der Waals surface area contributed by atoms with E-state index < -0.39 is 11.0 Å². The number of aryl methyl sites for hydroxylation is 1. The first-order valence-electron chi connectivity index (χ1n) is 10.7. The summed E-state index contributed by atoms with van der Waals surface area (Å²) in [5, 5.41) is 2.89. The molecular weight excluding hydrogens is 404 g/mol. The monoisotopic (exact) mass is 432 g/mol. The van der Waals surface area contributed by atoms with Gasteiger partial charge in [0.1, 0.15) is 11.5 Å². The number of amides is 2. The van der Waals surface area contributed by atoms with Crippen molar-refractivity contribution in [1.82, 2.24) is 25.3 Å². The van der Waals surface area contributed by atoms with Gasteiger partial charge >= 0.3 is 0 Å². The van der Waals surface area contributed by atoms with Gasteiger partial charge in [0, 0.05) is 35.1 Å². The van der Waals surface area contributed by atoms with Crippen LogP contribution in [0.3, 0.4) is 0 Å². The summed E-state index contributed by atoms with van der Waals surface area (Å²) < 4.78 is 0. The number of hydrogen-bond acceptors (Lipinski definition) is 6. The summed E-state index contributed by atoms with van der Waals surface area (Å²) in [7, 11) is 0. The van der Waals surface area contributed by atoms with E-state index in [0.717, 1.165) is 16.8 Å². The normalized spacial score (nSPS) is 19.9. The van der Waals surface area contributed by atoms with Crippen LogP contribution in [-0.2, 0) is 4.79 Å². The molecule has 1 aliphatic heterocycles. The molecule has 166 valence electrons. The van der Waals surface area contributed by atoms with Crippen LogP contribution >= 0.6 is 0 Å². The molecular formula is C24H28N6O2. The molecule has 1 fully saturated rings. The average Bonchev–Trinajstić information content (AvgIpc) is 2.92. The van der Waals surface area contributed by atoms with Crippen LogP contribution in [0.1, 0.15) is 62.9 Å². The molecule has 2 aromatic rings. The van der Waals surface area contributed by atoms with E-state index in [9.17, 15) is 9.59 Å². The number of anilines is 1. The first kappa shape index (κ1) is 21.8. The quantitative estimate of drug-likeness (QED) is 0.797. The van der Waals surface area contributed by atoms with Crippen LogP contribution in [0.2, 0.25) is 0 Å². The Bertz CT molecular complexity index is 1140. The minimum Gasteiger partial charge on any atom is -0.346 e. The molecule has 2 aliphatic rings. The minimum absolute atomic E-state index is 0.000950. The molecule has 1 unspecified atom stereocenters. The van der Waals surface area contributed by atoms with E-state index in [1.165, 1.54) is 12.4 Å². The van der Waals surface area contributed by atoms with Crippen molar-refractivity contribution in [3.05, 3.63) is 59.7 Å². The highest BCUT2D eigenvalue weighted by molar-refractivity contribution is 6.04. The van der Waals surface area contributed by atoms with Crippen LogP contribution in [0.5, 0.6) is 0 Å². The van der Waals surface area contributed by atoms with E-state index in [1.807, 2.05) is 47.6 Å². The van der Waals surface area contributed by atoms with Gasteiger partial charge in [-0.2, -0.15) is 0 Å². The Morgan fingerprint density at radius 2 is 1.84 bits per heavy atom. The van der Waals surface area contributed by atoms with Crippen molar-refractivity contribution < 1.29 is 9.59 Å². The van der Waals surface area contributed by atoms with Gasteiger partial charge in [0.2, 0.25) is 5.91 Å². The highest BCUT2D eigenvalue weighted by Crippen LogP contribution is 2.50. The lowest BCUT2D eigenvalue weighted by Crippen LogP contribution is -2.41. The molecule has 8 heteroatoms. The molecule has 0 spiro atoms. The minimum atomic E-state index is -0.608. The summed E-state index contributed by atoms with van der Waals surface area (Å²) in [4.78, 5) is 45.0. The van der Waals surface area contributed by atoms with Gasteiger partial charge in [-0.3, -0.25) is 19.5 Å². The van der Waals surface area contributed by atoms with E-state index in [1.54, 1.807) is 17.3 Å². The van der Waals surface area contributed by atoms with Crippen LogP contribution in [0.25, 0.3) is 5.57 Å². The zero-order valence-electron chi connectivity index (χ0n) is 19.3. The largest absolute Gasteiger partial charge is 0.346 e. The molecule has 4 rings (SSSR count). The van der Waals surface area contributed by atoms with Crippen LogP contribution < -0.4 is 10.2 Å². The maximum absolute atomic E-state index is 13.5. The molecule has 2 amide bonds. The summed E-state index contributed by atoms with van der Waals surface area (Å²) in [5.74, 6) is 0.657. The molecule has 2 aromatic heterocycles. The SMILES string of the molecule is Cc1ncc(C2=CCC3C(=C2)N(c2cncc(C(=O)NC(C)(C)C)n2)C(=O)C3(C)C)cn1. The van der Waals surface area contributed by atoms with Crippen LogP contribution in [0.15, 0.2) is 42.6 Å². The van der Waals surface area contributed by atoms with Crippen molar-refractivity contribution in [2.45, 2.75) is 53.5 Å². The van der Waals surface area contributed by atoms with Gasteiger partial charge in [-0.1, -0.05) is 19.9 Å². The number of rotatable bonds is 3. The lowest BCUT2D eigenvalue weighted by Gasteiger charge is -2.26. The molecule has 0 saturated carbocycles. The van der Waals surface area contributed by atoms with Crippen molar-refractivity contribution in [1.29, 1.82) is 0 Å². The topological polar surface area (TPSA) is 101 Å². The fraction of sp³-hybridized carbons (Fsp3) is 0.417. The fourth-order valence-electron chi connectivity index (χ4n) is 4.08. The Balaban J connectivity index is 1.74. The van der Waals surface area contributed by atoms with Gasteiger partial charge in [-0.15, -0.1) is 0 Å². The van der Waals surface area contributed by atoms with Crippen molar-refractivity contribution in [3.63, 3.8) is 0 Å². The molecule has 1 atom stereocenters. The number of nitrogens with one attached hydrogen (secondary N) is 1. The Kier molecular flexibility index (Phi) is 5.19. The molecule has 1 saturated heterocycles. The molecule has 8 nitrogen and oxygen atoms in total. The summed E-state index contributed by atoms with van der Waals surface area (Å²) >= 11 is 0. The maximum atomic E-state index is 13.5. The number of allylic oxidation sites excluding steroid dienone is 4. The van der Waals surface area contributed by atoms with E-state index in [-0.39, 0.29) is 23.4 Å². The van der Waals surface area contributed by atoms with Gasteiger partial charge in [-0.05, 0) is 45.8 Å². The first-order valence-corrected chi connectivity index (χ1v) is 10.7. The van der Waals surface area contributed by atoms with Crippen LogP contribution in [0, 0.1) is 18.3 Å². The number of fused-ring (bicyclic) bond motifs is 1. The molecule has 0 bridgehead atoms. The summed E-state index contributed by atoms with van der Waals surface area (Å²) in [6, 6.07) is 0. The number of hydrogen-bond donors (Lipinski definition) is 1. The lowest BCUT2D eigenvalue weighted by atomic mass is 9.75. The van der Waals surface area contributed by atoms with Crippen LogP contribution in [-0.4, -0.2) is 37.3 Å². The zero-order valence-corrected chi connectivity index (χ0v) is 19.3. The second-order valence-corrected chi connectivity index (χ2v) is 9.86.